The number of carbonyl (C=O) groups is 1. The van der Waals surface area contributed by atoms with Crippen molar-refractivity contribution in [3.8, 4) is 0 Å². The van der Waals surface area contributed by atoms with E-state index < -0.39 is 7.82 Å². The molecule has 0 aromatic carbocycles. The fraction of sp³-hybridized carbons (Fsp3) is 0.967. The lowest BCUT2D eigenvalue weighted by atomic mass is 9.95. The molecule has 0 radical (unpaired) electrons. The van der Waals surface area contributed by atoms with Crippen LogP contribution in [-0.4, -0.2) is 56.1 Å². The Morgan fingerprint density at radius 2 is 1.22 bits per heavy atom. The second kappa shape index (κ2) is 23.6. The molecule has 0 saturated carbocycles. The third-order valence-electron chi connectivity index (χ3n) is 7.08. The van der Waals surface area contributed by atoms with Crippen LogP contribution in [0.4, 0.5) is 0 Å². The molecule has 37 heavy (non-hydrogen) atoms. The van der Waals surface area contributed by atoms with Crippen molar-refractivity contribution in [3.05, 3.63) is 0 Å². The molecule has 0 rings (SSSR count). The Bertz CT molecular complexity index is 579. The maximum Gasteiger partial charge on any atom is 0.472 e. The first kappa shape index (κ1) is 36.7. The minimum Gasteiger partial charge on any atom is -0.331 e. The van der Waals surface area contributed by atoms with Gasteiger partial charge in [0.2, 0.25) is 0 Å². The molecule has 0 aromatic heterocycles. The molecule has 2 atom stereocenters. The van der Waals surface area contributed by atoms with E-state index in [1.807, 2.05) is 6.92 Å². The molecule has 2 unspecified atom stereocenters. The van der Waals surface area contributed by atoms with Crippen molar-refractivity contribution in [1.82, 2.24) is 0 Å². The summed E-state index contributed by atoms with van der Waals surface area (Å²) < 4.78 is 23.6. The van der Waals surface area contributed by atoms with Crippen LogP contribution in [0.1, 0.15) is 142 Å². The first-order valence-electron chi connectivity index (χ1n) is 15.5. The third kappa shape index (κ3) is 27.1. The highest BCUT2D eigenvalue weighted by Crippen LogP contribution is 2.44. The average molecular weight is 549 g/mol. The molecule has 7 heteroatoms. The van der Waals surface area contributed by atoms with Crippen molar-refractivity contribution in [3.63, 3.8) is 0 Å². The molecule has 0 saturated heterocycles. The summed E-state index contributed by atoms with van der Waals surface area (Å²) in [6, 6.07) is 0. The van der Waals surface area contributed by atoms with Crippen molar-refractivity contribution in [2.75, 3.05) is 40.9 Å². The van der Waals surface area contributed by atoms with Crippen LogP contribution in [-0.2, 0) is 18.4 Å². The number of carbonyl (C=O) groups excluding carboxylic acids is 1. The number of hydrogen-bond acceptors (Lipinski definition) is 4. The predicted octanol–water partition coefficient (Wildman–Crippen LogP) is 8.85. The highest BCUT2D eigenvalue weighted by atomic mass is 31.2. The molecule has 0 aliphatic heterocycles. The van der Waals surface area contributed by atoms with Gasteiger partial charge in [0.15, 0.2) is 0 Å². The van der Waals surface area contributed by atoms with Crippen LogP contribution in [0.2, 0.25) is 0 Å². The number of phosphoric ester groups is 1. The van der Waals surface area contributed by atoms with Crippen LogP contribution in [0, 0.1) is 5.92 Å². The molecule has 6 nitrogen and oxygen atoms in total. The first-order valence-corrected chi connectivity index (χ1v) is 17.0. The van der Waals surface area contributed by atoms with E-state index in [4.69, 9.17) is 9.05 Å². The molecule has 0 spiro atoms. The van der Waals surface area contributed by atoms with Crippen molar-refractivity contribution in [2.45, 2.75) is 142 Å². The molecule has 0 heterocycles. The Kier molecular flexibility index (Phi) is 23.4. The Morgan fingerprint density at radius 1 is 0.730 bits per heavy atom. The molecule has 0 amide bonds. The number of phosphoric acid groups is 1. The van der Waals surface area contributed by atoms with E-state index in [2.05, 4.69) is 28.1 Å². The lowest BCUT2D eigenvalue weighted by Crippen LogP contribution is -2.35. The van der Waals surface area contributed by atoms with E-state index in [0.717, 1.165) is 43.1 Å². The Hall–Kier alpha value is -0.260. The molecule has 222 valence electrons. The van der Waals surface area contributed by atoms with Gasteiger partial charge in [0.1, 0.15) is 5.78 Å². The van der Waals surface area contributed by atoms with Gasteiger partial charge in [-0.2, -0.15) is 0 Å². The zero-order valence-electron chi connectivity index (χ0n) is 25.3. The SMILES string of the molecule is CCCCCCCCCCCCCCCCCC(COP(=O)(O)OCCCC[N+](C)(C)C)CC(=O)CC. The first-order chi connectivity index (χ1) is 17.6. The summed E-state index contributed by atoms with van der Waals surface area (Å²) in [6.45, 7) is 5.44. The number of hydrogen-bond donors (Lipinski definition) is 1. The molecular weight excluding hydrogens is 485 g/mol. The van der Waals surface area contributed by atoms with E-state index in [1.165, 1.54) is 83.5 Å². The third-order valence-corrected chi connectivity index (χ3v) is 8.06. The molecular formula is C30H63NO5P+. The minimum absolute atomic E-state index is 0.0170. The van der Waals surface area contributed by atoms with E-state index in [0.29, 0.717) is 12.8 Å². The molecule has 0 aliphatic rings. The zero-order valence-corrected chi connectivity index (χ0v) is 26.2. The van der Waals surface area contributed by atoms with Gasteiger partial charge in [-0.15, -0.1) is 0 Å². The summed E-state index contributed by atoms with van der Waals surface area (Å²) in [5.74, 6) is 0.167. The van der Waals surface area contributed by atoms with Crippen LogP contribution < -0.4 is 0 Å². The number of quaternary nitrogens is 1. The number of unbranched alkanes of at least 4 members (excludes halogenated alkanes) is 15. The maximum absolute atomic E-state index is 12.3. The summed E-state index contributed by atoms with van der Waals surface area (Å²) in [7, 11) is 2.30. The fourth-order valence-corrected chi connectivity index (χ4v) is 5.45. The number of Topliss-reactive ketones (excluding diaryl/α,β-unsaturated/α-hetero) is 1. The Labute approximate surface area is 230 Å². The molecule has 0 aromatic rings. The average Bonchev–Trinajstić information content (AvgIpc) is 2.83. The quantitative estimate of drug-likeness (QED) is 0.0600. The smallest absolute Gasteiger partial charge is 0.331 e. The van der Waals surface area contributed by atoms with Crippen molar-refractivity contribution < 1.29 is 27.8 Å². The van der Waals surface area contributed by atoms with E-state index in [9.17, 15) is 14.3 Å². The summed E-state index contributed by atoms with van der Waals surface area (Å²) in [4.78, 5) is 22.1. The largest absolute Gasteiger partial charge is 0.472 e. The highest BCUT2D eigenvalue weighted by molar-refractivity contribution is 7.47. The van der Waals surface area contributed by atoms with E-state index in [1.54, 1.807) is 0 Å². The predicted molar refractivity (Wildman–Crippen MR) is 157 cm³/mol. The second-order valence-corrected chi connectivity index (χ2v) is 13.5. The van der Waals surface area contributed by atoms with Gasteiger partial charge in [-0.1, -0.05) is 110 Å². The summed E-state index contributed by atoms with van der Waals surface area (Å²) in [6.07, 6.45) is 23.3. The monoisotopic (exact) mass is 548 g/mol. The van der Waals surface area contributed by atoms with Crippen molar-refractivity contribution >= 4 is 13.6 Å². The van der Waals surface area contributed by atoms with Crippen molar-refractivity contribution in [1.29, 1.82) is 0 Å². The number of nitrogens with zero attached hydrogens (tertiary/aromatic N) is 1. The molecule has 0 bridgehead atoms. The topological polar surface area (TPSA) is 72.8 Å². The van der Waals surface area contributed by atoms with Gasteiger partial charge in [-0.05, 0) is 25.2 Å². The van der Waals surface area contributed by atoms with Gasteiger partial charge in [-0.3, -0.25) is 13.8 Å². The second-order valence-electron chi connectivity index (χ2n) is 12.0. The van der Waals surface area contributed by atoms with Gasteiger partial charge >= 0.3 is 7.82 Å². The fourth-order valence-electron chi connectivity index (χ4n) is 4.62. The van der Waals surface area contributed by atoms with Gasteiger partial charge in [0.05, 0.1) is 40.9 Å². The standard InChI is InChI=1S/C30H62NO5P/c1-6-8-9-10-11-12-13-14-15-16-17-18-19-20-21-24-29(27-30(32)7-2)28-36-37(33,34)35-26-23-22-25-31(3,4)5/h29H,6-28H2,1-5H3/p+1. The van der Waals surface area contributed by atoms with E-state index >= 15 is 0 Å². The minimum atomic E-state index is -4.07. The van der Waals surface area contributed by atoms with Crippen LogP contribution in [0.25, 0.3) is 0 Å². The summed E-state index contributed by atoms with van der Waals surface area (Å²) >= 11 is 0. The van der Waals surface area contributed by atoms with Crippen LogP contribution >= 0.6 is 7.82 Å². The van der Waals surface area contributed by atoms with Gasteiger partial charge in [0.25, 0.3) is 0 Å². The lowest BCUT2D eigenvalue weighted by molar-refractivity contribution is -0.870. The maximum atomic E-state index is 12.3. The lowest BCUT2D eigenvalue weighted by Gasteiger charge is -2.23. The molecule has 0 aliphatic carbocycles. The van der Waals surface area contributed by atoms with Crippen LogP contribution in [0.5, 0.6) is 0 Å². The highest BCUT2D eigenvalue weighted by Gasteiger charge is 2.24. The van der Waals surface area contributed by atoms with Gasteiger partial charge in [0, 0.05) is 12.8 Å². The van der Waals surface area contributed by atoms with E-state index in [-0.39, 0.29) is 24.9 Å². The van der Waals surface area contributed by atoms with Gasteiger partial charge in [-0.25, -0.2) is 4.57 Å². The van der Waals surface area contributed by atoms with Crippen LogP contribution in [0.15, 0.2) is 0 Å². The Morgan fingerprint density at radius 3 is 1.68 bits per heavy atom. The summed E-state index contributed by atoms with van der Waals surface area (Å²) in [5.41, 5.74) is 0. The van der Waals surface area contributed by atoms with Crippen molar-refractivity contribution in [2.24, 2.45) is 5.92 Å². The molecule has 0 fully saturated rings. The summed E-state index contributed by atoms with van der Waals surface area (Å²) in [5, 5.41) is 0. The Balaban J connectivity index is 3.93. The normalized spacial score (nSPS) is 14.5. The number of ketones is 1. The molecule has 1 N–H and O–H groups in total. The number of rotatable bonds is 28. The van der Waals surface area contributed by atoms with Crippen LogP contribution in [0.3, 0.4) is 0 Å². The zero-order chi connectivity index (χ0) is 27.8. The van der Waals surface area contributed by atoms with Gasteiger partial charge < -0.3 is 9.38 Å².